The molecule has 1 atom stereocenters. The summed E-state index contributed by atoms with van der Waals surface area (Å²) < 4.78 is 0. The largest absolute Gasteiger partial charge is 0.352 e. The molecule has 4 heteroatoms. The van der Waals surface area contributed by atoms with Crippen LogP contribution >= 0.6 is 0 Å². The summed E-state index contributed by atoms with van der Waals surface area (Å²) in [5.41, 5.74) is 0.690. The molecule has 0 spiro atoms. The third-order valence-electron chi connectivity index (χ3n) is 3.89. The first-order chi connectivity index (χ1) is 9.65. The number of aromatic nitrogens is 1. The molecule has 0 radical (unpaired) electrons. The number of hydrogen-bond donors (Lipinski definition) is 1. The Labute approximate surface area is 121 Å². The molecule has 0 saturated carbocycles. The quantitative estimate of drug-likeness (QED) is 0.865. The first-order valence-corrected chi connectivity index (χ1v) is 7.55. The van der Waals surface area contributed by atoms with Crippen molar-refractivity contribution in [2.75, 3.05) is 26.2 Å². The van der Waals surface area contributed by atoms with E-state index in [4.69, 9.17) is 0 Å². The lowest BCUT2D eigenvalue weighted by Crippen LogP contribution is -2.31. The standard InChI is InChI=1S/C16H25N3O/c1-13(2)5-9-19-10-6-14(12-19)11-18-16(20)15-3-7-17-8-4-15/h3-4,7-8,13-14H,5-6,9-12H2,1-2H3,(H,18,20). The van der Waals surface area contributed by atoms with Crippen molar-refractivity contribution in [3.05, 3.63) is 30.1 Å². The van der Waals surface area contributed by atoms with Crippen LogP contribution in [0.25, 0.3) is 0 Å². The topological polar surface area (TPSA) is 45.2 Å². The zero-order valence-electron chi connectivity index (χ0n) is 12.5. The highest BCUT2D eigenvalue weighted by Crippen LogP contribution is 2.16. The molecule has 0 aliphatic carbocycles. The van der Waals surface area contributed by atoms with Gasteiger partial charge in [0.2, 0.25) is 0 Å². The monoisotopic (exact) mass is 275 g/mol. The summed E-state index contributed by atoms with van der Waals surface area (Å²) in [5, 5.41) is 3.03. The van der Waals surface area contributed by atoms with Gasteiger partial charge in [-0.3, -0.25) is 9.78 Å². The molecule has 4 nitrogen and oxygen atoms in total. The van der Waals surface area contributed by atoms with Gasteiger partial charge in [0.15, 0.2) is 0 Å². The molecular formula is C16H25N3O. The van der Waals surface area contributed by atoms with E-state index in [1.165, 1.54) is 25.9 Å². The predicted molar refractivity (Wildman–Crippen MR) is 80.6 cm³/mol. The lowest BCUT2D eigenvalue weighted by molar-refractivity contribution is 0.0947. The van der Waals surface area contributed by atoms with Crippen molar-refractivity contribution in [1.82, 2.24) is 15.2 Å². The molecule has 20 heavy (non-hydrogen) atoms. The van der Waals surface area contributed by atoms with Crippen LogP contribution in [0.1, 0.15) is 37.0 Å². The Balaban J connectivity index is 1.69. The van der Waals surface area contributed by atoms with Gasteiger partial charge in [-0.1, -0.05) is 13.8 Å². The molecule has 1 aromatic heterocycles. The number of carbonyl (C=O) groups is 1. The van der Waals surface area contributed by atoms with Crippen LogP contribution < -0.4 is 5.32 Å². The number of amides is 1. The average Bonchev–Trinajstić information content (AvgIpc) is 2.91. The van der Waals surface area contributed by atoms with E-state index in [9.17, 15) is 4.79 Å². The van der Waals surface area contributed by atoms with E-state index in [-0.39, 0.29) is 5.91 Å². The van der Waals surface area contributed by atoms with Crippen LogP contribution in [-0.2, 0) is 0 Å². The second-order valence-electron chi connectivity index (χ2n) is 6.08. The zero-order chi connectivity index (χ0) is 14.4. The number of rotatable bonds is 6. The highest BCUT2D eigenvalue weighted by molar-refractivity contribution is 5.93. The fourth-order valence-electron chi connectivity index (χ4n) is 2.57. The van der Waals surface area contributed by atoms with Crippen molar-refractivity contribution in [2.45, 2.75) is 26.7 Å². The Kier molecular flexibility index (Phi) is 5.53. The summed E-state index contributed by atoms with van der Waals surface area (Å²) in [7, 11) is 0. The first kappa shape index (κ1) is 15.0. The smallest absolute Gasteiger partial charge is 0.251 e. The molecule has 1 saturated heterocycles. The molecule has 2 heterocycles. The molecule has 1 fully saturated rings. The third kappa shape index (κ3) is 4.60. The summed E-state index contributed by atoms with van der Waals surface area (Å²) in [5.74, 6) is 1.36. The lowest BCUT2D eigenvalue weighted by Gasteiger charge is -2.17. The minimum atomic E-state index is 0.00744. The van der Waals surface area contributed by atoms with Gasteiger partial charge >= 0.3 is 0 Å². The summed E-state index contributed by atoms with van der Waals surface area (Å²) in [6, 6.07) is 3.50. The van der Waals surface area contributed by atoms with Gasteiger partial charge in [-0.2, -0.15) is 0 Å². The van der Waals surface area contributed by atoms with E-state index < -0.39 is 0 Å². The SMILES string of the molecule is CC(C)CCN1CCC(CNC(=O)c2ccncc2)C1. The van der Waals surface area contributed by atoms with Crippen LogP contribution in [-0.4, -0.2) is 42.0 Å². The van der Waals surface area contributed by atoms with Crippen molar-refractivity contribution in [3.63, 3.8) is 0 Å². The Morgan fingerprint density at radius 1 is 1.45 bits per heavy atom. The number of nitrogens with one attached hydrogen (secondary N) is 1. The van der Waals surface area contributed by atoms with Crippen molar-refractivity contribution >= 4 is 5.91 Å². The molecular weight excluding hydrogens is 250 g/mol. The summed E-state index contributed by atoms with van der Waals surface area (Å²) >= 11 is 0. The Morgan fingerprint density at radius 3 is 2.90 bits per heavy atom. The van der Waals surface area contributed by atoms with Gasteiger partial charge in [0.25, 0.3) is 5.91 Å². The average molecular weight is 275 g/mol. The molecule has 0 aromatic carbocycles. The zero-order valence-corrected chi connectivity index (χ0v) is 12.5. The van der Waals surface area contributed by atoms with E-state index in [0.29, 0.717) is 11.5 Å². The van der Waals surface area contributed by atoms with Crippen LogP contribution in [0.15, 0.2) is 24.5 Å². The summed E-state index contributed by atoms with van der Waals surface area (Å²) in [6.07, 6.45) is 5.75. The fourth-order valence-corrected chi connectivity index (χ4v) is 2.57. The first-order valence-electron chi connectivity index (χ1n) is 7.55. The fraction of sp³-hybridized carbons (Fsp3) is 0.625. The van der Waals surface area contributed by atoms with Crippen LogP contribution in [0.2, 0.25) is 0 Å². The van der Waals surface area contributed by atoms with Gasteiger partial charge in [0.1, 0.15) is 0 Å². The van der Waals surface area contributed by atoms with Crippen LogP contribution in [0.5, 0.6) is 0 Å². The summed E-state index contributed by atoms with van der Waals surface area (Å²) in [4.78, 5) is 18.4. The second kappa shape index (κ2) is 7.39. The van der Waals surface area contributed by atoms with E-state index in [2.05, 4.69) is 29.0 Å². The number of nitrogens with zero attached hydrogens (tertiary/aromatic N) is 2. The van der Waals surface area contributed by atoms with Gasteiger partial charge in [0.05, 0.1) is 0 Å². The number of likely N-dealkylation sites (tertiary alicyclic amines) is 1. The van der Waals surface area contributed by atoms with Gasteiger partial charge in [-0.25, -0.2) is 0 Å². The normalized spacial score (nSPS) is 19.4. The van der Waals surface area contributed by atoms with Gasteiger partial charge in [-0.15, -0.1) is 0 Å². The second-order valence-corrected chi connectivity index (χ2v) is 6.08. The third-order valence-corrected chi connectivity index (χ3v) is 3.89. The minimum Gasteiger partial charge on any atom is -0.352 e. The predicted octanol–water partition coefficient (Wildman–Crippen LogP) is 2.18. The Hall–Kier alpha value is -1.42. The van der Waals surface area contributed by atoms with E-state index >= 15 is 0 Å². The molecule has 0 bridgehead atoms. The van der Waals surface area contributed by atoms with Crippen LogP contribution in [0, 0.1) is 11.8 Å². The highest BCUT2D eigenvalue weighted by Gasteiger charge is 2.22. The highest BCUT2D eigenvalue weighted by atomic mass is 16.1. The molecule has 110 valence electrons. The molecule has 1 amide bonds. The Morgan fingerprint density at radius 2 is 2.20 bits per heavy atom. The van der Waals surface area contributed by atoms with Gasteiger partial charge in [0, 0.05) is 31.0 Å². The molecule has 1 aliphatic rings. The van der Waals surface area contributed by atoms with Crippen molar-refractivity contribution < 1.29 is 4.79 Å². The van der Waals surface area contributed by atoms with E-state index in [1.54, 1.807) is 24.5 Å². The van der Waals surface area contributed by atoms with Gasteiger partial charge in [-0.05, 0) is 49.9 Å². The van der Waals surface area contributed by atoms with Crippen LogP contribution in [0.4, 0.5) is 0 Å². The minimum absolute atomic E-state index is 0.00744. The molecule has 1 aliphatic heterocycles. The lowest BCUT2D eigenvalue weighted by atomic mass is 10.1. The van der Waals surface area contributed by atoms with Crippen molar-refractivity contribution in [2.24, 2.45) is 11.8 Å². The maximum atomic E-state index is 11.9. The van der Waals surface area contributed by atoms with Gasteiger partial charge < -0.3 is 10.2 Å². The summed E-state index contributed by atoms with van der Waals surface area (Å²) in [6.45, 7) is 8.78. The molecule has 1 N–H and O–H groups in total. The maximum Gasteiger partial charge on any atom is 0.251 e. The molecule has 1 unspecified atom stereocenters. The van der Waals surface area contributed by atoms with Crippen LogP contribution in [0.3, 0.4) is 0 Å². The Bertz CT molecular complexity index is 419. The van der Waals surface area contributed by atoms with Crippen molar-refractivity contribution in [1.29, 1.82) is 0 Å². The van der Waals surface area contributed by atoms with E-state index in [0.717, 1.165) is 19.0 Å². The van der Waals surface area contributed by atoms with E-state index in [1.807, 2.05) is 0 Å². The molecule has 2 rings (SSSR count). The maximum absolute atomic E-state index is 11.9. The number of pyridine rings is 1. The van der Waals surface area contributed by atoms with Crippen molar-refractivity contribution in [3.8, 4) is 0 Å². The molecule has 1 aromatic rings. The number of hydrogen-bond acceptors (Lipinski definition) is 3. The number of carbonyl (C=O) groups excluding carboxylic acids is 1.